The van der Waals surface area contributed by atoms with E-state index >= 15 is 0 Å². The van der Waals surface area contributed by atoms with E-state index in [4.69, 9.17) is 0 Å². The van der Waals surface area contributed by atoms with Gasteiger partial charge in [0.15, 0.2) is 0 Å². The number of benzene rings is 2. The van der Waals surface area contributed by atoms with E-state index in [1.54, 1.807) is 11.6 Å². The van der Waals surface area contributed by atoms with Gasteiger partial charge in [0.05, 0.1) is 15.8 Å². The van der Waals surface area contributed by atoms with Crippen LogP contribution in [-0.2, 0) is 26.2 Å². The molecule has 3 nitrogen and oxygen atoms in total. The summed E-state index contributed by atoms with van der Waals surface area (Å²) in [5, 5.41) is 3.25. The number of halogens is 3. The molecule has 0 radical (unpaired) electrons. The molecule has 0 saturated heterocycles. The van der Waals surface area contributed by atoms with E-state index in [-0.39, 0.29) is 4.87 Å². The first-order valence-electron chi connectivity index (χ1n) is 8.30. The molecule has 3 rings (SSSR count). The van der Waals surface area contributed by atoms with Crippen molar-refractivity contribution in [3.63, 3.8) is 0 Å². The lowest BCUT2D eigenvalue weighted by molar-refractivity contribution is -0.137. The Kier molecular flexibility index (Phi) is 5.48. The quantitative estimate of drug-likeness (QED) is 0.646. The molecule has 1 N–H and O–H groups in total. The van der Waals surface area contributed by atoms with Crippen molar-refractivity contribution >= 4 is 21.6 Å². The Morgan fingerprint density at radius 1 is 1.08 bits per heavy atom. The second kappa shape index (κ2) is 7.63. The van der Waals surface area contributed by atoms with E-state index in [9.17, 15) is 18.0 Å². The molecule has 138 valence electrons. The fraction of sp³-hybridized carbons (Fsp3) is 0.316. The van der Waals surface area contributed by atoms with Crippen LogP contribution in [0.3, 0.4) is 0 Å². The van der Waals surface area contributed by atoms with Crippen LogP contribution >= 0.6 is 11.3 Å². The number of aryl methyl sites for hydroxylation is 2. The van der Waals surface area contributed by atoms with Crippen molar-refractivity contribution in [1.29, 1.82) is 0 Å². The summed E-state index contributed by atoms with van der Waals surface area (Å²) < 4.78 is 40.2. The van der Waals surface area contributed by atoms with Crippen molar-refractivity contribution in [3.05, 3.63) is 68.8 Å². The minimum Gasteiger partial charge on any atom is -0.313 e. The molecule has 0 bridgehead atoms. The van der Waals surface area contributed by atoms with Gasteiger partial charge in [0.1, 0.15) is 0 Å². The molecule has 0 aliphatic heterocycles. The van der Waals surface area contributed by atoms with Crippen LogP contribution in [0.4, 0.5) is 13.2 Å². The Bertz CT molecular complexity index is 942. The minimum atomic E-state index is -4.29. The Morgan fingerprint density at radius 2 is 1.77 bits per heavy atom. The molecule has 0 aliphatic rings. The van der Waals surface area contributed by atoms with E-state index in [1.807, 2.05) is 12.1 Å². The molecule has 3 aromatic rings. The third kappa shape index (κ3) is 4.34. The van der Waals surface area contributed by atoms with Crippen LogP contribution in [0.2, 0.25) is 0 Å². The summed E-state index contributed by atoms with van der Waals surface area (Å²) in [5.41, 5.74) is 2.33. The third-order valence-electron chi connectivity index (χ3n) is 4.29. The third-order valence-corrected chi connectivity index (χ3v) is 5.28. The van der Waals surface area contributed by atoms with Crippen molar-refractivity contribution < 1.29 is 13.2 Å². The van der Waals surface area contributed by atoms with Crippen LogP contribution in [-0.4, -0.2) is 11.1 Å². The van der Waals surface area contributed by atoms with Gasteiger partial charge in [0.25, 0.3) is 0 Å². The smallest absolute Gasteiger partial charge is 0.313 e. The molecular weight excluding hydrogens is 361 g/mol. The van der Waals surface area contributed by atoms with Crippen LogP contribution in [0.25, 0.3) is 10.2 Å². The maximum Gasteiger partial charge on any atom is 0.416 e. The van der Waals surface area contributed by atoms with E-state index in [0.717, 1.165) is 47.3 Å². The lowest BCUT2D eigenvalue weighted by Crippen LogP contribution is -2.15. The van der Waals surface area contributed by atoms with E-state index in [1.165, 1.54) is 29.0 Å². The summed E-state index contributed by atoms with van der Waals surface area (Å²) in [5.74, 6) is 0. The zero-order chi connectivity index (χ0) is 18.7. The molecular formula is C19H19F3N2OS. The molecule has 0 fully saturated rings. The number of thiazole rings is 1. The number of fused-ring (bicyclic) bond motifs is 1. The maximum absolute atomic E-state index is 12.5. The molecule has 0 spiro atoms. The molecule has 0 unspecified atom stereocenters. The van der Waals surface area contributed by atoms with Crippen molar-refractivity contribution in [2.75, 3.05) is 6.54 Å². The van der Waals surface area contributed by atoms with Crippen molar-refractivity contribution in [1.82, 2.24) is 9.88 Å². The summed E-state index contributed by atoms with van der Waals surface area (Å²) >= 11 is 1.25. The van der Waals surface area contributed by atoms with Gasteiger partial charge < -0.3 is 9.88 Å². The molecule has 2 aromatic carbocycles. The molecule has 0 aliphatic carbocycles. The minimum absolute atomic E-state index is 0.0374. The molecule has 1 heterocycles. The standard InChI is InChI=1S/C19H19F3N2OS/c1-24-16-9-6-13(11-17(16)26-18(24)25)3-2-10-23-12-14-4-7-15(8-5-14)19(20,21)22/h4-9,11,23H,2-3,10,12H2,1H3. The van der Waals surface area contributed by atoms with Crippen LogP contribution in [0.5, 0.6) is 0 Å². The van der Waals surface area contributed by atoms with Gasteiger partial charge in [-0.3, -0.25) is 4.79 Å². The molecule has 0 amide bonds. The van der Waals surface area contributed by atoms with Gasteiger partial charge in [0.2, 0.25) is 0 Å². The average Bonchev–Trinajstić information content (AvgIpc) is 2.88. The number of alkyl halides is 3. The first kappa shape index (κ1) is 18.7. The fourth-order valence-electron chi connectivity index (χ4n) is 2.80. The molecule has 7 heteroatoms. The fourth-order valence-corrected chi connectivity index (χ4v) is 3.74. The number of nitrogens with zero attached hydrogens (tertiary/aromatic N) is 1. The number of rotatable bonds is 6. The maximum atomic E-state index is 12.5. The number of hydrogen-bond donors (Lipinski definition) is 1. The Balaban J connectivity index is 1.46. The van der Waals surface area contributed by atoms with Crippen LogP contribution in [0.1, 0.15) is 23.1 Å². The lowest BCUT2D eigenvalue weighted by atomic mass is 10.1. The van der Waals surface area contributed by atoms with Gasteiger partial charge in [-0.05, 0) is 54.8 Å². The molecule has 0 atom stereocenters. The predicted octanol–water partition coefficient (Wildman–Crippen LogP) is 4.34. The number of nitrogens with one attached hydrogen (secondary N) is 1. The Hall–Kier alpha value is -2.12. The second-order valence-corrected chi connectivity index (χ2v) is 7.20. The highest BCUT2D eigenvalue weighted by Crippen LogP contribution is 2.29. The predicted molar refractivity (Wildman–Crippen MR) is 98.5 cm³/mol. The van der Waals surface area contributed by atoms with Gasteiger partial charge in [0, 0.05) is 13.6 Å². The highest BCUT2D eigenvalue weighted by atomic mass is 32.1. The number of aromatic nitrogens is 1. The lowest BCUT2D eigenvalue weighted by Gasteiger charge is -2.08. The van der Waals surface area contributed by atoms with E-state index in [0.29, 0.717) is 6.54 Å². The first-order valence-corrected chi connectivity index (χ1v) is 9.11. The first-order chi connectivity index (χ1) is 12.3. The Labute approximate surface area is 153 Å². The van der Waals surface area contributed by atoms with Gasteiger partial charge in [-0.1, -0.05) is 29.5 Å². The van der Waals surface area contributed by atoms with Crippen LogP contribution in [0, 0.1) is 0 Å². The monoisotopic (exact) mass is 380 g/mol. The van der Waals surface area contributed by atoms with Gasteiger partial charge in [-0.15, -0.1) is 0 Å². The molecule has 26 heavy (non-hydrogen) atoms. The normalized spacial score (nSPS) is 12.0. The van der Waals surface area contributed by atoms with Crippen molar-refractivity contribution in [3.8, 4) is 0 Å². The average molecular weight is 380 g/mol. The van der Waals surface area contributed by atoms with Gasteiger partial charge in [-0.2, -0.15) is 13.2 Å². The summed E-state index contributed by atoms with van der Waals surface area (Å²) in [6.07, 6.45) is -2.50. The summed E-state index contributed by atoms with van der Waals surface area (Å²) in [6, 6.07) is 11.3. The zero-order valence-corrected chi connectivity index (χ0v) is 15.1. The van der Waals surface area contributed by atoms with Crippen molar-refractivity contribution in [2.45, 2.75) is 25.6 Å². The van der Waals surface area contributed by atoms with E-state index < -0.39 is 11.7 Å². The highest BCUT2D eigenvalue weighted by molar-refractivity contribution is 7.16. The largest absolute Gasteiger partial charge is 0.416 e. The summed E-state index contributed by atoms with van der Waals surface area (Å²) in [6.45, 7) is 1.31. The van der Waals surface area contributed by atoms with Crippen LogP contribution < -0.4 is 10.2 Å². The molecule has 1 aromatic heterocycles. The summed E-state index contributed by atoms with van der Waals surface area (Å²) in [7, 11) is 1.77. The van der Waals surface area contributed by atoms with Gasteiger partial charge in [-0.25, -0.2) is 0 Å². The highest BCUT2D eigenvalue weighted by Gasteiger charge is 2.29. The van der Waals surface area contributed by atoms with E-state index in [2.05, 4.69) is 11.4 Å². The molecule has 0 saturated carbocycles. The topological polar surface area (TPSA) is 34.0 Å². The van der Waals surface area contributed by atoms with Crippen molar-refractivity contribution in [2.24, 2.45) is 7.05 Å². The summed E-state index contributed by atoms with van der Waals surface area (Å²) in [4.78, 5) is 11.7. The van der Waals surface area contributed by atoms with Gasteiger partial charge >= 0.3 is 11.0 Å². The second-order valence-electron chi connectivity index (χ2n) is 6.20. The number of hydrogen-bond acceptors (Lipinski definition) is 3. The SMILES string of the molecule is Cn1c(=O)sc2cc(CCCNCc3ccc(C(F)(F)F)cc3)ccc21. The Morgan fingerprint density at radius 3 is 2.46 bits per heavy atom. The van der Waals surface area contributed by atoms with Crippen LogP contribution in [0.15, 0.2) is 47.3 Å². The zero-order valence-electron chi connectivity index (χ0n) is 14.3.